The van der Waals surface area contributed by atoms with Gasteiger partial charge in [0.1, 0.15) is 12.3 Å². The van der Waals surface area contributed by atoms with Gasteiger partial charge in [0.05, 0.1) is 32.5 Å². The van der Waals surface area contributed by atoms with Gasteiger partial charge < -0.3 is 9.47 Å². The molecule has 0 aromatic carbocycles. The number of rotatable bonds is 12. The number of thioether (sulfide) groups is 1. The quantitative estimate of drug-likeness (QED) is 0.0923. The third-order valence-electron chi connectivity index (χ3n) is 5.37. The Kier molecular flexibility index (Phi) is 11.3. The smallest absolute Gasteiger partial charge is 0.406 e. The summed E-state index contributed by atoms with van der Waals surface area (Å²) in [5.74, 6) is -0.540. The van der Waals surface area contributed by atoms with E-state index in [0.717, 1.165) is 16.3 Å². The number of ether oxygens (including phenoxy) is 2. The van der Waals surface area contributed by atoms with E-state index in [2.05, 4.69) is 24.8 Å². The molecule has 0 aliphatic carbocycles. The van der Waals surface area contributed by atoms with Gasteiger partial charge in [0.2, 0.25) is 0 Å². The van der Waals surface area contributed by atoms with Crippen LogP contribution >= 0.6 is 19.5 Å². The number of nitrogens with one attached hydrogen (secondary N) is 2. The predicted octanol–water partition coefficient (Wildman–Crippen LogP) is 2.41. The standard InChI is InChI=1S/C21H33N6O9PS/c1-12-10-27(20(31)23-17(12)28)16-9-14(24-26-22)15(36-16)11-35-37(32,25-13(2)18(29)33-6)34-7-8-38-19(30)21(3,4)5/h10,13-16H,7-9,11H2,1-6H3,(H,25,32)(H,23,28,31)/t13-,14+,15-,16-,37?/m1/s1. The average molecular weight is 577 g/mol. The Hall–Kier alpha value is -2.45. The number of nitrogens with zero attached hydrogens (tertiary/aromatic N) is 4. The van der Waals surface area contributed by atoms with Crippen molar-refractivity contribution in [1.29, 1.82) is 0 Å². The molecule has 1 fully saturated rings. The predicted molar refractivity (Wildman–Crippen MR) is 139 cm³/mol. The highest BCUT2D eigenvalue weighted by molar-refractivity contribution is 8.13. The molecular formula is C21H33N6O9PS. The lowest BCUT2D eigenvalue weighted by atomic mass is 10.00. The Balaban J connectivity index is 2.16. The third-order valence-corrected chi connectivity index (χ3v) is 8.33. The number of esters is 1. The SMILES string of the molecule is COC(=O)[C@@H](C)NP(=O)(OCCSC(=O)C(C)(C)C)OC[C@H]1O[C@@H](n2cc(C)c(=O)[nH]c2=O)C[C@@H]1N=[N+]=[N-]. The molecule has 2 heterocycles. The molecule has 0 bridgehead atoms. The number of methoxy groups -OCH3 is 1. The summed E-state index contributed by atoms with van der Waals surface area (Å²) in [4.78, 5) is 53.0. The molecule has 1 aromatic rings. The summed E-state index contributed by atoms with van der Waals surface area (Å²) < 4.78 is 36.2. The topological polar surface area (TPSA) is 204 Å². The minimum Gasteiger partial charge on any atom is -0.468 e. The molecule has 17 heteroatoms. The maximum Gasteiger partial charge on any atom is 0.406 e. The summed E-state index contributed by atoms with van der Waals surface area (Å²) in [6.07, 6.45) is -0.443. The van der Waals surface area contributed by atoms with E-state index in [1.807, 2.05) is 0 Å². The normalized spacial score (nSPS) is 21.8. The van der Waals surface area contributed by atoms with E-state index >= 15 is 0 Å². The van der Waals surface area contributed by atoms with Crippen LogP contribution in [0.1, 0.15) is 45.9 Å². The van der Waals surface area contributed by atoms with Crippen LogP contribution in [-0.4, -0.2) is 64.9 Å². The fourth-order valence-electron chi connectivity index (χ4n) is 3.28. The summed E-state index contributed by atoms with van der Waals surface area (Å²) in [5, 5.41) is 6.10. The lowest BCUT2D eigenvalue weighted by molar-refractivity contribution is -0.142. The van der Waals surface area contributed by atoms with Crippen molar-refractivity contribution in [2.75, 3.05) is 26.1 Å². The first-order chi connectivity index (χ1) is 17.7. The third kappa shape index (κ3) is 8.80. The molecule has 15 nitrogen and oxygen atoms in total. The average Bonchev–Trinajstić information content (AvgIpc) is 3.24. The fraction of sp³-hybridized carbons (Fsp3) is 0.714. The number of carbonyl (C=O) groups excluding carboxylic acids is 2. The Labute approximate surface area is 223 Å². The Morgan fingerprint density at radius 3 is 2.68 bits per heavy atom. The summed E-state index contributed by atoms with van der Waals surface area (Å²) in [7, 11) is -3.00. The first-order valence-electron chi connectivity index (χ1n) is 11.6. The summed E-state index contributed by atoms with van der Waals surface area (Å²) in [6, 6.07) is -1.88. The number of H-pyrrole nitrogens is 1. The Bertz CT molecular complexity index is 1220. The maximum absolute atomic E-state index is 13.5. The van der Waals surface area contributed by atoms with Gasteiger partial charge in [-0.2, -0.15) is 0 Å². The molecule has 2 rings (SSSR count). The monoisotopic (exact) mass is 576 g/mol. The van der Waals surface area contributed by atoms with E-state index in [1.165, 1.54) is 27.2 Å². The molecule has 1 aliphatic heterocycles. The molecular weight excluding hydrogens is 543 g/mol. The second-order valence-electron chi connectivity index (χ2n) is 9.50. The summed E-state index contributed by atoms with van der Waals surface area (Å²) >= 11 is 1.01. The molecule has 0 spiro atoms. The van der Waals surface area contributed by atoms with E-state index in [-0.39, 0.29) is 29.5 Å². The Morgan fingerprint density at radius 1 is 1.39 bits per heavy atom. The van der Waals surface area contributed by atoms with Crippen LogP contribution < -0.4 is 16.3 Å². The first-order valence-corrected chi connectivity index (χ1v) is 14.2. The van der Waals surface area contributed by atoms with Gasteiger partial charge in [-0.1, -0.05) is 37.6 Å². The molecule has 0 amide bonds. The molecule has 1 aliphatic rings. The Morgan fingerprint density at radius 2 is 2.08 bits per heavy atom. The van der Waals surface area contributed by atoms with Crippen molar-refractivity contribution < 1.29 is 32.7 Å². The van der Waals surface area contributed by atoms with E-state index in [0.29, 0.717) is 0 Å². The van der Waals surface area contributed by atoms with E-state index in [9.17, 15) is 23.7 Å². The molecule has 1 aromatic heterocycles. The van der Waals surface area contributed by atoms with Crippen molar-refractivity contribution in [1.82, 2.24) is 14.6 Å². The van der Waals surface area contributed by atoms with Crippen LogP contribution in [0, 0.1) is 12.3 Å². The summed E-state index contributed by atoms with van der Waals surface area (Å²) in [5.41, 5.74) is 7.44. The van der Waals surface area contributed by atoms with Crippen molar-refractivity contribution in [3.63, 3.8) is 0 Å². The minimum atomic E-state index is -4.16. The van der Waals surface area contributed by atoms with Crippen LogP contribution in [0.5, 0.6) is 0 Å². The van der Waals surface area contributed by atoms with Gasteiger partial charge in [-0.05, 0) is 19.4 Å². The minimum absolute atomic E-state index is 0.0756. The number of aromatic nitrogens is 2. The zero-order chi connectivity index (χ0) is 28.7. The lowest BCUT2D eigenvalue weighted by Crippen LogP contribution is -2.35. The van der Waals surface area contributed by atoms with Crippen molar-refractivity contribution in [2.45, 2.75) is 65.5 Å². The number of aryl methyl sites for hydroxylation is 1. The number of hydrogen-bond acceptors (Lipinski definition) is 11. The molecule has 0 radical (unpaired) electrons. The number of hydrogen-bond donors (Lipinski definition) is 2. The second kappa shape index (κ2) is 13.6. The van der Waals surface area contributed by atoms with E-state index < -0.39 is 61.4 Å². The van der Waals surface area contributed by atoms with Gasteiger partial charge in [-0.25, -0.2) is 14.4 Å². The number of carbonyl (C=O) groups is 2. The van der Waals surface area contributed by atoms with Crippen molar-refractivity contribution >= 4 is 30.6 Å². The molecule has 0 saturated carbocycles. The van der Waals surface area contributed by atoms with Crippen molar-refractivity contribution in [3.8, 4) is 0 Å². The van der Waals surface area contributed by atoms with Crippen molar-refractivity contribution in [3.05, 3.63) is 43.0 Å². The summed E-state index contributed by atoms with van der Waals surface area (Å²) in [6.45, 7) is 7.69. The first kappa shape index (κ1) is 31.8. The molecule has 1 saturated heterocycles. The van der Waals surface area contributed by atoms with Gasteiger partial charge in [-0.3, -0.25) is 33.0 Å². The van der Waals surface area contributed by atoms with Crippen LogP contribution in [0.3, 0.4) is 0 Å². The highest BCUT2D eigenvalue weighted by Crippen LogP contribution is 2.46. The zero-order valence-corrected chi connectivity index (χ0v) is 23.7. The molecule has 212 valence electrons. The highest BCUT2D eigenvalue weighted by atomic mass is 32.2. The highest BCUT2D eigenvalue weighted by Gasteiger charge is 2.39. The number of azide groups is 1. The van der Waals surface area contributed by atoms with Crippen LogP contribution in [0.2, 0.25) is 0 Å². The van der Waals surface area contributed by atoms with Crippen molar-refractivity contribution in [2.24, 2.45) is 10.5 Å². The maximum atomic E-state index is 13.5. The molecule has 5 atom stereocenters. The van der Waals surface area contributed by atoms with Gasteiger partial charge in [0.15, 0.2) is 5.12 Å². The van der Waals surface area contributed by atoms with Gasteiger partial charge in [-0.15, -0.1) is 0 Å². The largest absolute Gasteiger partial charge is 0.468 e. The van der Waals surface area contributed by atoms with E-state index in [1.54, 1.807) is 20.8 Å². The molecule has 2 N–H and O–H groups in total. The number of aromatic amines is 1. The van der Waals surface area contributed by atoms with Crippen LogP contribution in [0.25, 0.3) is 10.4 Å². The second-order valence-corrected chi connectivity index (χ2v) is 12.3. The van der Waals surface area contributed by atoms with Crippen LogP contribution in [0.15, 0.2) is 20.9 Å². The van der Waals surface area contributed by atoms with Crippen LogP contribution in [0.4, 0.5) is 0 Å². The molecule has 38 heavy (non-hydrogen) atoms. The van der Waals surface area contributed by atoms with Gasteiger partial charge in [0, 0.05) is 34.3 Å². The van der Waals surface area contributed by atoms with Gasteiger partial charge in [0.25, 0.3) is 5.56 Å². The van der Waals surface area contributed by atoms with Gasteiger partial charge >= 0.3 is 19.4 Å². The molecule has 1 unspecified atom stereocenters. The fourth-order valence-corrected chi connectivity index (χ4v) is 5.67. The van der Waals surface area contributed by atoms with E-state index in [4.69, 9.17) is 19.3 Å². The lowest BCUT2D eigenvalue weighted by Gasteiger charge is -2.24. The van der Waals surface area contributed by atoms with Crippen LogP contribution in [-0.2, 0) is 32.7 Å². The zero-order valence-electron chi connectivity index (χ0n) is 22.0.